The van der Waals surface area contributed by atoms with E-state index in [9.17, 15) is 19.8 Å². The van der Waals surface area contributed by atoms with Crippen molar-refractivity contribution < 1.29 is 19.8 Å². The van der Waals surface area contributed by atoms with Crippen LogP contribution in [0.25, 0.3) is 16.9 Å². The SMILES string of the molecule is Cc1cc(C(=O)N2CCN(C(=O)O)C[C@H]2[C@@H](O)C2CC2)c(-c2ccccc2)n1-c1ccccc1. The number of carbonyl (C=O) groups is 2. The minimum Gasteiger partial charge on any atom is -0.465 e. The molecule has 0 bridgehead atoms. The van der Waals surface area contributed by atoms with Crippen LogP contribution in [0.3, 0.4) is 0 Å². The Morgan fingerprint density at radius 3 is 2.24 bits per heavy atom. The van der Waals surface area contributed by atoms with Gasteiger partial charge in [0.15, 0.2) is 0 Å². The molecule has 2 aliphatic rings. The molecular formula is C27H29N3O4. The van der Waals surface area contributed by atoms with Crippen LogP contribution in [0.15, 0.2) is 66.7 Å². The summed E-state index contributed by atoms with van der Waals surface area (Å²) in [4.78, 5) is 28.7. The zero-order valence-electron chi connectivity index (χ0n) is 19.2. The summed E-state index contributed by atoms with van der Waals surface area (Å²) in [7, 11) is 0. The Morgan fingerprint density at radius 1 is 0.971 bits per heavy atom. The van der Waals surface area contributed by atoms with Gasteiger partial charge in [0.2, 0.25) is 0 Å². The normalized spacial score (nSPS) is 19.2. The monoisotopic (exact) mass is 459 g/mol. The summed E-state index contributed by atoms with van der Waals surface area (Å²) in [5.74, 6) is -0.0512. The van der Waals surface area contributed by atoms with E-state index in [1.54, 1.807) is 4.90 Å². The molecule has 34 heavy (non-hydrogen) atoms. The quantitative estimate of drug-likeness (QED) is 0.603. The lowest BCUT2D eigenvalue weighted by molar-refractivity contribution is -0.00552. The van der Waals surface area contributed by atoms with Crippen LogP contribution in [-0.4, -0.2) is 68.4 Å². The summed E-state index contributed by atoms with van der Waals surface area (Å²) < 4.78 is 2.09. The molecule has 2 heterocycles. The van der Waals surface area contributed by atoms with Gasteiger partial charge < -0.3 is 24.6 Å². The topological polar surface area (TPSA) is 86.0 Å². The standard InChI is InChI=1S/C27H29N3O4/c1-18-16-22(24(19-8-4-2-5-9-19)30(18)21-10-6-3-7-11-21)26(32)29-15-14-28(27(33)34)17-23(29)25(31)20-12-13-20/h2-11,16,20,23,25,31H,12-15,17H2,1H3,(H,33,34)/t23-,25-/m0/s1. The molecule has 7 heteroatoms. The number of hydrogen-bond donors (Lipinski definition) is 2. The maximum atomic E-state index is 14.1. The van der Waals surface area contributed by atoms with E-state index in [2.05, 4.69) is 4.57 Å². The molecule has 2 fully saturated rings. The van der Waals surface area contributed by atoms with Gasteiger partial charge in [0.1, 0.15) is 0 Å². The summed E-state index contributed by atoms with van der Waals surface area (Å²) in [6.45, 7) is 2.59. The van der Waals surface area contributed by atoms with Crippen molar-refractivity contribution in [3.8, 4) is 16.9 Å². The van der Waals surface area contributed by atoms with Gasteiger partial charge in [0.05, 0.1) is 23.4 Å². The highest BCUT2D eigenvalue weighted by Gasteiger charge is 2.43. The van der Waals surface area contributed by atoms with Crippen LogP contribution in [0, 0.1) is 12.8 Å². The average molecular weight is 460 g/mol. The van der Waals surface area contributed by atoms with Crippen LogP contribution in [0.1, 0.15) is 28.9 Å². The molecule has 0 unspecified atom stereocenters. The maximum Gasteiger partial charge on any atom is 0.407 e. The third-order valence-corrected chi connectivity index (χ3v) is 6.93. The van der Waals surface area contributed by atoms with Crippen molar-refractivity contribution >= 4 is 12.0 Å². The van der Waals surface area contributed by atoms with Gasteiger partial charge in [-0.1, -0.05) is 48.5 Å². The molecule has 2 amide bonds. The molecule has 7 nitrogen and oxygen atoms in total. The highest BCUT2D eigenvalue weighted by molar-refractivity contribution is 6.01. The van der Waals surface area contributed by atoms with E-state index >= 15 is 0 Å². The van der Waals surface area contributed by atoms with Crippen LogP contribution >= 0.6 is 0 Å². The van der Waals surface area contributed by atoms with Gasteiger partial charge in [-0.05, 0) is 49.4 Å². The molecule has 0 radical (unpaired) electrons. The summed E-state index contributed by atoms with van der Waals surface area (Å²) in [6, 6.07) is 21.1. The first-order valence-corrected chi connectivity index (χ1v) is 11.8. The van der Waals surface area contributed by atoms with Gasteiger partial charge in [-0.15, -0.1) is 0 Å². The van der Waals surface area contributed by atoms with E-state index in [4.69, 9.17) is 0 Å². The van der Waals surface area contributed by atoms with Crippen molar-refractivity contribution in [2.75, 3.05) is 19.6 Å². The van der Waals surface area contributed by atoms with Crippen LogP contribution in [0.4, 0.5) is 4.79 Å². The lowest BCUT2D eigenvalue weighted by Gasteiger charge is -2.42. The average Bonchev–Trinajstić information content (AvgIpc) is 3.66. The fourth-order valence-electron chi connectivity index (χ4n) is 5.03. The molecule has 1 saturated carbocycles. The van der Waals surface area contributed by atoms with Crippen molar-refractivity contribution in [1.82, 2.24) is 14.4 Å². The number of aromatic nitrogens is 1. The van der Waals surface area contributed by atoms with Gasteiger partial charge in [-0.25, -0.2) is 4.79 Å². The molecule has 2 N–H and O–H groups in total. The number of nitrogens with zero attached hydrogens (tertiary/aromatic N) is 3. The predicted molar refractivity (Wildman–Crippen MR) is 129 cm³/mol. The number of carboxylic acid groups (broad SMARTS) is 1. The molecule has 176 valence electrons. The lowest BCUT2D eigenvalue weighted by atomic mass is 9.99. The van der Waals surface area contributed by atoms with Crippen LogP contribution in [0.5, 0.6) is 0 Å². The number of amides is 2. The highest BCUT2D eigenvalue weighted by atomic mass is 16.4. The second-order valence-corrected chi connectivity index (χ2v) is 9.21. The Labute approximate surface area is 198 Å². The zero-order chi connectivity index (χ0) is 23.8. The van der Waals surface area contributed by atoms with E-state index in [1.165, 1.54) is 4.90 Å². The van der Waals surface area contributed by atoms with E-state index in [0.717, 1.165) is 35.5 Å². The molecular weight excluding hydrogens is 430 g/mol. The first-order chi connectivity index (χ1) is 16.5. The summed E-state index contributed by atoms with van der Waals surface area (Å²) in [5, 5.41) is 20.5. The van der Waals surface area contributed by atoms with E-state index in [0.29, 0.717) is 5.56 Å². The van der Waals surface area contributed by atoms with Gasteiger partial charge >= 0.3 is 6.09 Å². The van der Waals surface area contributed by atoms with Crippen LogP contribution < -0.4 is 0 Å². The number of aryl methyl sites for hydroxylation is 1. The Bertz CT molecular complexity index is 1190. The third-order valence-electron chi connectivity index (χ3n) is 6.93. The first-order valence-electron chi connectivity index (χ1n) is 11.8. The molecule has 1 aromatic heterocycles. The number of benzene rings is 2. The lowest BCUT2D eigenvalue weighted by Crippen LogP contribution is -2.60. The largest absolute Gasteiger partial charge is 0.465 e. The van der Waals surface area contributed by atoms with Crippen LogP contribution in [-0.2, 0) is 0 Å². The molecule has 0 spiro atoms. The number of piperazine rings is 1. The smallest absolute Gasteiger partial charge is 0.407 e. The van der Waals surface area contributed by atoms with E-state index < -0.39 is 18.2 Å². The molecule has 1 aliphatic carbocycles. The Morgan fingerprint density at radius 2 is 1.62 bits per heavy atom. The van der Waals surface area contributed by atoms with Gasteiger partial charge in [0, 0.05) is 31.0 Å². The number of aliphatic hydroxyl groups is 1. The zero-order valence-corrected chi connectivity index (χ0v) is 19.2. The minimum atomic E-state index is -1.02. The molecule has 2 atom stereocenters. The van der Waals surface area contributed by atoms with E-state index in [1.807, 2.05) is 73.7 Å². The van der Waals surface area contributed by atoms with Crippen molar-refractivity contribution in [3.05, 3.63) is 78.0 Å². The number of aliphatic hydroxyl groups excluding tert-OH is 1. The van der Waals surface area contributed by atoms with Crippen molar-refractivity contribution in [2.24, 2.45) is 5.92 Å². The Kier molecular flexibility index (Phi) is 5.87. The molecule has 3 aromatic rings. The number of hydrogen-bond acceptors (Lipinski definition) is 3. The number of carbonyl (C=O) groups excluding carboxylic acids is 1. The molecule has 1 saturated heterocycles. The fourth-order valence-corrected chi connectivity index (χ4v) is 5.03. The van der Waals surface area contributed by atoms with Crippen LogP contribution in [0.2, 0.25) is 0 Å². The third kappa shape index (κ3) is 4.07. The van der Waals surface area contributed by atoms with Gasteiger partial charge in [0.25, 0.3) is 5.91 Å². The summed E-state index contributed by atoms with van der Waals surface area (Å²) in [5.41, 5.74) is 4.17. The Balaban J connectivity index is 1.59. The molecule has 2 aromatic carbocycles. The highest BCUT2D eigenvalue weighted by Crippen LogP contribution is 2.37. The van der Waals surface area contributed by atoms with E-state index in [-0.39, 0.29) is 31.5 Å². The first kappa shape index (κ1) is 22.2. The molecule has 5 rings (SSSR count). The number of rotatable bonds is 5. The second-order valence-electron chi connectivity index (χ2n) is 9.21. The Hall–Kier alpha value is -3.58. The summed E-state index contributed by atoms with van der Waals surface area (Å²) >= 11 is 0. The maximum absolute atomic E-state index is 14.1. The number of para-hydroxylation sites is 1. The predicted octanol–water partition coefficient (Wildman–Crippen LogP) is 4.03. The van der Waals surface area contributed by atoms with Crippen molar-refractivity contribution in [1.29, 1.82) is 0 Å². The van der Waals surface area contributed by atoms with Crippen molar-refractivity contribution in [2.45, 2.75) is 31.9 Å². The molecule has 1 aliphatic heterocycles. The fraction of sp³-hybridized carbons (Fsp3) is 0.333. The van der Waals surface area contributed by atoms with Crippen molar-refractivity contribution in [3.63, 3.8) is 0 Å². The second kappa shape index (κ2) is 8.99. The minimum absolute atomic E-state index is 0.123. The van der Waals surface area contributed by atoms with Gasteiger partial charge in [-0.2, -0.15) is 0 Å². The summed E-state index contributed by atoms with van der Waals surface area (Å²) in [6.07, 6.45) is 0.0663. The van der Waals surface area contributed by atoms with Gasteiger partial charge in [-0.3, -0.25) is 4.79 Å².